The van der Waals surface area contributed by atoms with E-state index in [1.54, 1.807) is 36.4 Å². The van der Waals surface area contributed by atoms with Crippen LogP contribution in [-0.4, -0.2) is 53.3 Å². The van der Waals surface area contributed by atoms with Crippen molar-refractivity contribution in [1.82, 2.24) is 5.32 Å². The monoisotopic (exact) mass is 451 g/mol. The number of rotatable bonds is 11. The fourth-order valence-electron chi connectivity index (χ4n) is 3.12. The van der Waals surface area contributed by atoms with Crippen LogP contribution in [0.2, 0.25) is 0 Å². The lowest BCUT2D eigenvalue weighted by atomic mass is 10.1. The lowest BCUT2D eigenvalue weighted by molar-refractivity contribution is 0.0997. The van der Waals surface area contributed by atoms with Gasteiger partial charge in [-0.3, -0.25) is 0 Å². The Kier molecular flexibility index (Phi) is 9.08. The predicted molar refractivity (Wildman–Crippen MR) is 128 cm³/mol. The summed E-state index contributed by atoms with van der Waals surface area (Å²) in [6.07, 6.45) is -0.207. The van der Waals surface area contributed by atoms with Crippen molar-refractivity contribution in [3.63, 3.8) is 0 Å². The maximum absolute atomic E-state index is 12.1. The van der Waals surface area contributed by atoms with Crippen LogP contribution in [0.5, 0.6) is 11.5 Å². The minimum atomic E-state index is -0.762. The van der Waals surface area contributed by atoms with E-state index in [9.17, 15) is 20.1 Å². The molecule has 0 saturated carbocycles. The first-order valence-electron chi connectivity index (χ1n) is 10.7. The van der Waals surface area contributed by atoms with Gasteiger partial charge in [-0.25, -0.2) is 4.79 Å². The van der Waals surface area contributed by atoms with Gasteiger partial charge in [0.25, 0.3) is 0 Å². The second-order valence-electron chi connectivity index (χ2n) is 7.59. The van der Waals surface area contributed by atoms with Crippen molar-refractivity contribution in [2.45, 2.75) is 18.6 Å². The second-order valence-corrected chi connectivity index (χ2v) is 7.59. The van der Waals surface area contributed by atoms with Crippen LogP contribution in [0.25, 0.3) is 0 Å². The molecule has 3 rings (SSSR count). The third kappa shape index (κ3) is 8.46. The summed E-state index contributed by atoms with van der Waals surface area (Å²) in [4.78, 5) is 12.1. The highest BCUT2D eigenvalue weighted by molar-refractivity contribution is 5.99. The van der Waals surface area contributed by atoms with Gasteiger partial charge in [0.15, 0.2) is 0 Å². The van der Waals surface area contributed by atoms with E-state index < -0.39 is 6.10 Å². The lowest BCUT2D eigenvalue weighted by Gasteiger charge is -2.19. The highest BCUT2D eigenvalue weighted by Crippen LogP contribution is 2.16. The number of nitrogens with one attached hydrogen (secondary N) is 3. The Balaban J connectivity index is 1.40. The van der Waals surface area contributed by atoms with Crippen LogP contribution in [0.15, 0.2) is 78.9 Å². The van der Waals surface area contributed by atoms with Gasteiger partial charge in [-0.15, -0.1) is 0 Å². The highest BCUT2D eigenvalue weighted by atomic mass is 16.5. The first-order chi connectivity index (χ1) is 16.0. The van der Waals surface area contributed by atoms with E-state index in [0.717, 1.165) is 5.56 Å². The van der Waals surface area contributed by atoms with Gasteiger partial charge in [0.2, 0.25) is 0 Å². The van der Waals surface area contributed by atoms with Crippen molar-refractivity contribution >= 4 is 17.4 Å². The fraction of sp³-hybridized carbons (Fsp3) is 0.240. The third-order valence-electron chi connectivity index (χ3n) is 4.87. The Morgan fingerprint density at radius 2 is 1.52 bits per heavy atom. The minimum absolute atomic E-state index is 0.0847. The summed E-state index contributed by atoms with van der Waals surface area (Å²) in [5.74, 6) is 0.700. The molecule has 0 spiro atoms. The van der Waals surface area contributed by atoms with Crippen LogP contribution < -0.4 is 20.7 Å². The van der Waals surface area contributed by atoms with Crippen LogP contribution in [0, 0.1) is 0 Å². The molecule has 33 heavy (non-hydrogen) atoms. The number of hydrogen-bond acceptors (Lipinski definition) is 6. The van der Waals surface area contributed by atoms with Crippen molar-refractivity contribution in [2.75, 3.05) is 30.4 Å². The fourth-order valence-corrected chi connectivity index (χ4v) is 3.12. The summed E-state index contributed by atoms with van der Waals surface area (Å²) < 4.78 is 5.49. The molecule has 8 nitrogen and oxygen atoms in total. The number of aliphatic hydroxyl groups is 2. The lowest BCUT2D eigenvalue weighted by Crippen LogP contribution is -2.41. The van der Waals surface area contributed by atoms with Gasteiger partial charge in [-0.1, -0.05) is 30.3 Å². The SMILES string of the molecule is O=C(Nc1ccccc1)Nc1ccc(C[C@@H](CO)NC[C@H](O)COc2ccc(O)cc2)cc1. The van der Waals surface area contributed by atoms with Gasteiger partial charge in [0.05, 0.1) is 6.61 Å². The van der Waals surface area contributed by atoms with Gasteiger partial charge in [-0.05, 0) is 60.5 Å². The maximum Gasteiger partial charge on any atom is 0.323 e. The Morgan fingerprint density at radius 3 is 2.15 bits per heavy atom. The first kappa shape index (κ1) is 24.1. The molecule has 0 unspecified atom stereocenters. The molecule has 0 heterocycles. The number of anilines is 2. The zero-order chi connectivity index (χ0) is 23.5. The van der Waals surface area contributed by atoms with Crippen LogP contribution in [0.4, 0.5) is 16.2 Å². The zero-order valence-electron chi connectivity index (χ0n) is 18.1. The van der Waals surface area contributed by atoms with E-state index in [1.807, 2.05) is 30.3 Å². The number of amides is 2. The molecule has 2 amide bonds. The molecule has 0 aliphatic carbocycles. The molecule has 3 aromatic carbocycles. The molecule has 2 atom stereocenters. The summed E-state index contributed by atoms with van der Waals surface area (Å²) in [5, 5.41) is 37.8. The highest BCUT2D eigenvalue weighted by Gasteiger charge is 2.12. The van der Waals surface area contributed by atoms with Crippen molar-refractivity contribution in [2.24, 2.45) is 0 Å². The number of aromatic hydroxyl groups is 1. The summed E-state index contributed by atoms with van der Waals surface area (Å²) in [6, 6.07) is 22.2. The number of ether oxygens (including phenoxy) is 1. The molecule has 174 valence electrons. The Hall–Kier alpha value is -3.59. The quantitative estimate of drug-likeness (QED) is 0.266. The number of hydrogen-bond donors (Lipinski definition) is 6. The maximum atomic E-state index is 12.1. The van der Waals surface area contributed by atoms with Gasteiger partial charge < -0.3 is 36.0 Å². The van der Waals surface area contributed by atoms with Gasteiger partial charge in [0, 0.05) is 24.0 Å². The zero-order valence-corrected chi connectivity index (χ0v) is 18.1. The second kappa shape index (κ2) is 12.4. The number of aliphatic hydroxyl groups excluding tert-OH is 2. The summed E-state index contributed by atoms with van der Waals surface area (Å²) in [6.45, 7) is 0.245. The van der Waals surface area contributed by atoms with Gasteiger partial charge in [0.1, 0.15) is 24.2 Å². The summed E-state index contributed by atoms with van der Waals surface area (Å²) in [7, 11) is 0. The molecule has 0 aliphatic heterocycles. The number of benzene rings is 3. The first-order valence-corrected chi connectivity index (χ1v) is 10.7. The van der Waals surface area contributed by atoms with Crippen LogP contribution in [0.3, 0.4) is 0 Å². The molecule has 0 aromatic heterocycles. The number of urea groups is 1. The minimum Gasteiger partial charge on any atom is -0.508 e. The normalized spacial score (nSPS) is 12.5. The molecule has 8 heteroatoms. The molecule has 6 N–H and O–H groups in total. The molecule has 0 aliphatic rings. The molecule has 0 saturated heterocycles. The molecule has 0 fully saturated rings. The Labute approximate surface area is 192 Å². The third-order valence-corrected chi connectivity index (χ3v) is 4.87. The average molecular weight is 452 g/mol. The topological polar surface area (TPSA) is 123 Å². The van der Waals surface area contributed by atoms with Crippen molar-refractivity contribution in [1.29, 1.82) is 0 Å². The molecular formula is C25H29N3O5. The number of carbonyl (C=O) groups is 1. The van der Waals surface area contributed by atoms with E-state index in [-0.39, 0.29) is 37.6 Å². The number of para-hydroxylation sites is 1. The smallest absolute Gasteiger partial charge is 0.323 e. The average Bonchev–Trinajstić information content (AvgIpc) is 2.83. The number of carbonyl (C=O) groups excluding carboxylic acids is 1. The summed E-state index contributed by atoms with van der Waals surface area (Å²) >= 11 is 0. The van der Waals surface area contributed by atoms with E-state index in [0.29, 0.717) is 23.5 Å². The summed E-state index contributed by atoms with van der Waals surface area (Å²) in [5.41, 5.74) is 2.34. The molecule has 0 radical (unpaired) electrons. The van der Waals surface area contributed by atoms with Crippen molar-refractivity contribution in [3.8, 4) is 11.5 Å². The van der Waals surface area contributed by atoms with E-state index in [2.05, 4.69) is 16.0 Å². The largest absolute Gasteiger partial charge is 0.508 e. The number of phenolic OH excluding ortho intramolecular Hbond substituents is 1. The van der Waals surface area contributed by atoms with E-state index in [1.165, 1.54) is 12.1 Å². The Bertz CT molecular complexity index is 981. The van der Waals surface area contributed by atoms with Crippen LogP contribution in [-0.2, 0) is 6.42 Å². The van der Waals surface area contributed by atoms with Gasteiger partial charge in [-0.2, -0.15) is 0 Å². The van der Waals surface area contributed by atoms with Crippen molar-refractivity contribution < 1.29 is 24.9 Å². The Morgan fingerprint density at radius 1 is 0.879 bits per heavy atom. The van der Waals surface area contributed by atoms with E-state index in [4.69, 9.17) is 4.74 Å². The molecule has 0 bridgehead atoms. The standard InChI is InChI=1S/C25H29N3O5/c29-16-21(26-15-23(31)17-33-24-12-10-22(30)11-13-24)14-18-6-8-20(9-7-18)28-25(32)27-19-4-2-1-3-5-19/h1-13,21,23,26,29-31H,14-17H2,(H2,27,28,32)/t21-,23-/m0/s1. The van der Waals surface area contributed by atoms with E-state index >= 15 is 0 Å². The predicted octanol–water partition coefficient (Wildman–Crippen LogP) is 2.97. The van der Waals surface area contributed by atoms with Gasteiger partial charge >= 0.3 is 6.03 Å². The van der Waals surface area contributed by atoms with Crippen LogP contribution in [0.1, 0.15) is 5.56 Å². The molecule has 3 aromatic rings. The molecular weight excluding hydrogens is 422 g/mol. The van der Waals surface area contributed by atoms with Crippen molar-refractivity contribution in [3.05, 3.63) is 84.4 Å². The van der Waals surface area contributed by atoms with Crippen LogP contribution >= 0.6 is 0 Å². The number of phenols is 1.